The van der Waals surface area contributed by atoms with Gasteiger partial charge in [-0.25, -0.2) is 0 Å². The molecule has 1 spiro atoms. The van der Waals surface area contributed by atoms with Gasteiger partial charge in [-0.15, -0.1) is 0 Å². The van der Waals surface area contributed by atoms with Crippen molar-refractivity contribution in [3.05, 3.63) is 29.8 Å². The second-order valence-corrected chi connectivity index (χ2v) is 8.09. The summed E-state index contributed by atoms with van der Waals surface area (Å²) < 4.78 is 6.22. The van der Waals surface area contributed by atoms with Crippen LogP contribution in [0.3, 0.4) is 0 Å². The van der Waals surface area contributed by atoms with Gasteiger partial charge in [-0.05, 0) is 49.5 Å². The van der Waals surface area contributed by atoms with Crippen molar-refractivity contribution in [1.82, 2.24) is 4.90 Å². The molecule has 1 atom stereocenters. The van der Waals surface area contributed by atoms with Crippen LogP contribution < -0.4 is 4.90 Å². The molecule has 1 aromatic rings. The summed E-state index contributed by atoms with van der Waals surface area (Å²) in [5, 5.41) is 0. The Hall–Kier alpha value is -1.06. The van der Waals surface area contributed by atoms with Crippen LogP contribution in [0.2, 0.25) is 0 Å². The maximum Gasteiger partial charge on any atom is 0.0983 e. The van der Waals surface area contributed by atoms with Crippen LogP contribution in [0.15, 0.2) is 24.3 Å². The molecule has 3 rings (SSSR count). The van der Waals surface area contributed by atoms with E-state index in [1.54, 1.807) is 0 Å². The number of likely N-dealkylation sites (N-methyl/N-ethyl adjacent to an activating group) is 1. The number of hydrogen-bond acceptors (Lipinski definition) is 3. The third kappa shape index (κ3) is 3.31. The van der Waals surface area contributed by atoms with Crippen molar-refractivity contribution in [3.8, 4) is 0 Å². The van der Waals surface area contributed by atoms with E-state index in [-0.39, 0.29) is 11.0 Å². The van der Waals surface area contributed by atoms with Crippen LogP contribution in [0.25, 0.3) is 0 Å². The maximum atomic E-state index is 6.22. The molecule has 3 nitrogen and oxygen atoms in total. The average molecular weight is 302 g/mol. The zero-order valence-electron chi connectivity index (χ0n) is 14.6. The van der Waals surface area contributed by atoms with Crippen molar-refractivity contribution in [2.24, 2.45) is 0 Å². The van der Waals surface area contributed by atoms with E-state index in [1.165, 1.54) is 30.6 Å². The van der Waals surface area contributed by atoms with Crippen molar-refractivity contribution in [2.45, 2.75) is 44.6 Å². The van der Waals surface area contributed by atoms with Gasteiger partial charge in [0.25, 0.3) is 0 Å². The Balaban J connectivity index is 1.74. The van der Waals surface area contributed by atoms with Crippen molar-refractivity contribution in [2.75, 3.05) is 44.7 Å². The summed E-state index contributed by atoms with van der Waals surface area (Å²) in [4.78, 5) is 4.92. The molecule has 3 heteroatoms. The van der Waals surface area contributed by atoms with Crippen LogP contribution in [0, 0.1) is 0 Å². The second-order valence-electron chi connectivity index (χ2n) is 8.09. The summed E-state index contributed by atoms with van der Waals surface area (Å²) in [7, 11) is 2.21. The monoisotopic (exact) mass is 302 g/mol. The molecule has 2 saturated heterocycles. The first-order chi connectivity index (χ1) is 10.4. The molecule has 2 aliphatic heterocycles. The minimum Gasteiger partial charge on any atom is -0.370 e. The summed E-state index contributed by atoms with van der Waals surface area (Å²) in [5.41, 5.74) is 2.99. The van der Waals surface area contributed by atoms with Gasteiger partial charge in [0.1, 0.15) is 0 Å². The Kier molecular flexibility index (Phi) is 4.21. The van der Waals surface area contributed by atoms with Crippen molar-refractivity contribution < 1.29 is 4.74 Å². The minimum atomic E-state index is 0.0357. The number of anilines is 1. The summed E-state index contributed by atoms with van der Waals surface area (Å²) in [5.74, 6) is 0. The number of likely N-dealkylation sites (tertiary alicyclic amines) is 1. The Labute approximate surface area is 135 Å². The molecule has 0 N–H and O–H groups in total. The molecule has 0 aromatic heterocycles. The lowest BCUT2D eigenvalue weighted by atomic mass is 9.87. The Morgan fingerprint density at radius 2 is 1.77 bits per heavy atom. The van der Waals surface area contributed by atoms with Gasteiger partial charge in [-0.3, -0.25) is 0 Å². The van der Waals surface area contributed by atoms with Gasteiger partial charge in [-0.1, -0.05) is 32.9 Å². The van der Waals surface area contributed by atoms with E-state index in [0.29, 0.717) is 0 Å². The lowest BCUT2D eigenvalue weighted by Gasteiger charge is -2.48. The standard InChI is InChI=1S/C19H30N2O/c1-18(2,3)16-6-8-17(9-7-16)21-12-13-22-19(15-21)10-5-11-20(4)14-19/h6-9H,5,10-15H2,1-4H3. The number of hydrogen-bond donors (Lipinski definition) is 0. The van der Waals surface area contributed by atoms with E-state index >= 15 is 0 Å². The number of nitrogens with zero attached hydrogens (tertiary/aromatic N) is 2. The Bertz CT molecular complexity index is 501. The van der Waals surface area contributed by atoms with Crippen LogP contribution in [-0.2, 0) is 10.2 Å². The second kappa shape index (κ2) is 5.86. The smallest absolute Gasteiger partial charge is 0.0983 e. The van der Waals surface area contributed by atoms with Gasteiger partial charge >= 0.3 is 0 Å². The lowest BCUT2D eigenvalue weighted by molar-refractivity contribution is -0.0926. The van der Waals surface area contributed by atoms with E-state index < -0.39 is 0 Å². The molecular weight excluding hydrogens is 272 g/mol. The topological polar surface area (TPSA) is 15.7 Å². The summed E-state index contributed by atoms with van der Waals surface area (Å²) >= 11 is 0. The van der Waals surface area contributed by atoms with E-state index in [4.69, 9.17) is 4.74 Å². The number of piperidine rings is 1. The van der Waals surface area contributed by atoms with E-state index in [1.807, 2.05) is 0 Å². The Morgan fingerprint density at radius 1 is 1.05 bits per heavy atom. The number of morpholine rings is 1. The minimum absolute atomic E-state index is 0.0357. The molecule has 2 aliphatic rings. The molecule has 1 aromatic carbocycles. The van der Waals surface area contributed by atoms with Gasteiger partial charge in [0.2, 0.25) is 0 Å². The number of benzene rings is 1. The number of rotatable bonds is 1. The molecule has 2 fully saturated rings. The first-order valence-corrected chi connectivity index (χ1v) is 8.56. The van der Waals surface area contributed by atoms with Crippen LogP contribution in [0.1, 0.15) is 39.2 Å². The van der Waals surface area contributed by atoms with Crippen LogP contribution in [0.4, 0.5) is 5.69 Å². The third-order valence-corrected chi connectivity index (χ3v) is 5.08. The fourth-order valence-electron chi connectivity index (χ4n) is 3.81. The lowest BCUT2D eigenvalue weighted by Crippen LogP contribution is -2.59. The van der Waals surface area contributed by atoms with Gasteiger partial charge in [-0.2, -0.15) is 0 Å². The Morgan fingerprint density at radius 3 is 2.41 bits per heavy atom. The zero-order valence-corrected chi connectivity index (χ0v) is 14.6. The predicted octanol–water partition coefficient (Wildman–Crippen LogP) is 3.29. The van der Waals surface area contributed by atoms with Gasteiger partial charge < -0.3 is 14.5 Å². The fraction of sp³-hybridized carbons (Fsp3) is 0.684. The normalized spacial score (nSPS) is 27.4. The SMILES string of the molecule is CN1CCCC2(C1)CN(c1ccc(C(C)(C)C)cc1)CCO2. The molecule has 0 radical (unpaired) electrons. The highest BCUT2D eigenvalue weighted by Crippen LogP contribution is 2.31. The first kappa shape index (κ1) is 15.8. The van der Waals surface area contributed by atoms with Gasteiger partial charge in [0.05, 0.1) is 12.2 Å². The molecule has 122 valence electrons. The van der Waals surface area contributed by atoms with Crippen LogP contribution in [0.5, 0.6) is 0 Å². The van der Waals surface area contributed by atoms with E-state index in [9.17, 15) is 0 Å². The van der Waals surface area contributed by atoms with Crippen LogP contribution in [-0.4, -0.2) is 50.3 Å². The first-order valence-electron chi connectivity index (χ1n) is 8.56. The van der Waals surface area contributed by atoms with Gasteiger partial charge in [0.15, 0.2) is 0 Å². The summed E-state index contributed by atoms with van der Waals surface area (Å²) in [6.07, 6.45) is 2.43. The van der Waals surface area contributed by atoms with Gasteiger partial charge in [0, 0.05) is 25.3 Å². The predicted molar refractivity (Wildman–Crippen MR) is 92.8 cm³/mol. The quantitative estimate of drug-likeness (QED) is 0.792. The summed E-state index contributed by atoms with van der Waals surface area (Å²) in [6.45, 7) is 11.9. The third-order valence-electron chi connectivity index (χ3n) is 5.08. The molecule has 2 heterocycles. The van der Waals surface area contributed by atoms with Crippen molar-refractivity contribution >= 4 is 5.69 Å². The maximum absolute atomic E-state index is 6.22. The molecule has 22 heavy (non-hydrogen) atoms. The highest BCUT2D eigenvalue weighted by Gasteiger charge is 2.39. The van der Waals surface area contributed by atoms with E-state index in [2.05, 4.69) is 61.9 Å². The molecule has 0 saturated carbocycles. The van der Waals surface area contributed by atoms with E-state index in [0.717, 1.165) is 26.2 Å². The zero-order chi connectivity index (χ0) is 15.8. The molecule has 1 unspecified atom stereocenters. The van der Waals surface area contributed by atoms with Crippen LogP contribution >= 0.6 is 0 Å². The largest absolute Gasteiger partial charge is 0.370 e. The highest BCUT2D eigenvalue weighted by molar-refractivity contribution is 5.49. The molecule has 0 amide bonds. The molecule has 0 bridgehead atoms. The number of ether oxygens (including phenoxy) is 1. The summed E-state index contributed by atoms with van der Waals surface area (Å²) in [6, 6.07) is 9.13. The fourth-order valence-corrected chi connectivity index (χ4v) is 3.81. The van der Waals surface area contributed by atoms with Crippen molar-refractivity contribution in [3.63, 3.8) is 0 Å². The average Bonchev–Trinajstić information content (AvgIpc) is 2.46. The van der Waals surface area contributed by atoms with Crippen molar-refractivity contribution in [1.29, 1.82) is 0 Å². The highest BCUT2D eigenvalue weighted by atomic mass is 16.5. The molecule has 0 aliphatic carbocycles. The molecular formula is C19H30N2O.